The lowest BCUT2D eigenvalue weighted by Gasteiger charge is -2.00. The summed E-state index contributed by atoms with van der Waals surface area (Å²) in [5.74, 6) is 0.562. The summed E-state index contributed by atoms with van der Waals surface area (Å²) in [5, 5.41) is 9.57. The van der Waals surface area contributed by atoms with E-state index in [4.69, 9.17) is 11.1 Å². The van der Waals surface area contributed by atoms with Crippen LogP contribution in [0.1, 0.15) is 13.3 Å². The van der Waals surface area contributed by atoms with Crippen LogP contribution in [0.5, 0.6) is 0 Å². The third-order valence-corrected chi connectivity index (χ3v) is 0.842. The fourth-order valence-electron chi connectivity index (χ4n) is 0.418. The highest BCUT2D eigenvalue weighted by atomic mass is 15.0. The van der Waals surface area contributed by atoms with Gasteiger partial charge in [0.05, 0.1) is 5.82 Å². The van der Waals surface area contributed by atoms with Gasteiger partial charge in [-0.15, -0.1) is 0 Å². The number of allylic oxidation sites excluding steroid dienone is 1. The lowest BCUT2D eigenvalue weighted by molar-refractivity contribution is 0.762. The lowest BCUT2D eigenvalue weighted by atomic mass is 10.5. The molecule has 9 heavy (non-hydrogen) atoms. The molecule has 4 N–H and O–H groups in total. The number of rotatable bonds is 4. The summed E-state index contributed by atoms with van der Waals surface area (Å²) < 4.78 is 0. The van der Waals surface area contributed by atoms with Gasteiger partial charge in [0.1, 0.15) is 0 Å². The molecule has 0 atom stereocenters. The van der Waals surface area contributed by atoms with E-state index in [-0.39, 0.29) is 0 Å². The molecule has 0 aliphatic heterocycles. The molecule has 0 aromatic heterocycles. The Morgan fingerprint density at radius 1 is 1.78 bits per heavy atom. The Morgan fingerprint density at radius 2 is 2.44 bits per heavy atom. The predicted octanol–water partition coefficient (Wildman–Crippen LogP) is 0.436. The minimum atomic E-state index is 0.562. The van der Waals surface area contributed by atoms with E-state index in [2.05, 4.69) is 12.2 Å². The van der Waals surface area contributed by atoms with Gasteiger partial charge in [-0.1, -0.05) is 6.92 Å². The van der Waals surface area contributed by atoms with E-state index in [1.165, 1.54) is 6.08 Å². The highest BCUT2D eigenvalue weighted by Crippen LogP contribution is 1.75. The SMILES string of the molecule is CCCN/C(N)=C\C=N. The van der Waals surface area contributed by atoms with Crippen LogP contribution >= 0.6 is 0 Å². The van der Waals surface area contributed by atoms with Gasteiger partial charge in [-0.05, 0) is 12.5 Å². The maximum Gasteiger partial charge on any atom is 0.0975 e. The first-order chi connectivity index (χ1) is 4.31. The monoisotopic (exact) mass is 127 g/mol. The average molecular weight is 127 g/mol. The molecule has 0 rings (SSSR count). The van der Waals surface area contributed by atoms with Crippen LogP contribution in [0, 0.1) is 5.41 Å². The number of nitrogens with two attached hydrogens (primary N) is 1. The molecule has 0 saturated carbocycles. The molecule has 0 aromatic rings. The van der Waals surface area contributed by atoms with Crippen molar-refractivity contribution in [3.05, 3.63) is 11.9 Å². The highest BCUT2D eigenvalue weighted by molar-refractivity contribution is 5.68. The molecule has 0 amide bonds. The van der Waals surface area contributed by atoms with Crippen LogP contribution in [-0.2, 0) is 0 Å². The molecule has 0 unspecified atom stereocenters. The standard InChI is InChI=1S/C6H13N3/c1-2-5-9-6(8)3-4-7/h3-4,7,9H,2,5,8H2,1H3/b6-3-,7-4?. The van der Waals surface area contributed by atoms with Crippen molar-refractivity contribution in [3.63, 3.8) is 0 Å². The van der Waals surface area contributed by atoms with Gasteiger partial charge >= 0.3 is 0 Å². The van der Waals surface area contributed by atoms with Crippen LogP contribution in [0.25, 0.3) is 0 Å². The van der Waals surface area contributed by atoms with Crippen molar-refractivity contribution in [1.82, 2.24) is 5.32 Å². The van der Waals surface area contributed by atoms with Crippen molar-refractivity contribution in [2.75, 3.05) is 6.54 Å². The van der Waals surface area contributed by atoms with Crippen molar-refractivity contribution in [3.8, 4) is 0 Å². The van der Waals surface area contributed by atoms with Gasteiger partial charge in [0.2, 0.25) is 0 Å². The number of hydrogen-bond donors (Lipinski definition) is 3. The van der Waals surface area contributed by atoms with E-state index in [9.17, 15) is 0 Å². The summed E-state index contributed by atoms with van der Waals surface area (Å²) in [6.07, 6.45) is 3.74. The fraction of sp³-hybridized carbons (Fsp3) is 0.500. The predicted molar refractivity (Wildman–Crippen MR) is 39.3 cm³/mol. The Bertz CT molecular complexity index is 107. The Labute approximate surface area is 55.4 Å². The molecular weight excluding hydrogens is 114 g/mol. The van der Waals surface area contributed by atoms with Gasteiger partial charge < -0.3 is 16.5 Å². The summed E-state index contributed by atoms with van der Waals surface area (Å²) in [6.45, 7) is 2.93. The van der Waals surface area contributed by atoms with Crippen molar-refractivity contribution in [2.45, 2.75) is 13.3 Å². The minimum Gasteiger partial charge on any atom is -0.385 e. The average Bonchev–Trinajstić information content (AvgIpc) is 1.85. The molecule has 0 aromatic carbocycles. The molecule has 0 aliphatic rings. The third-order valence-electron chi connectivity index (χ3n) is 0.842. The molecule has 0 saturated heterocycles. The Morgan fingerprint density at radius 3 is 2.89 bits per heavy atom. The zero-order valence-electron chi connectivity index (χ0n) is 5.65. The van der Waals surface area contributed by atoms with Crippen molar-refractivity contribution in [2.24, 2.45) is 5.73 Å². The van der Waals surface area contributed by atoms with Crippen molar-refractivity contribution >= 4 is 6.21 Å². The molecule has 0 spiro atoms. The zero-order chi connectivity index (χ0) is 7.11. The van der Waals surface area contributed by atoms with Crippen LogP contribution in [0.2, 0.25) is 0 Å². The van der Waals surface area contributed by atoms with Gasteiger partial charge in [-0.25, -0.2) is 0 Å². The molecule has 0 fully saturated rings. The zero-order valence-corrected chi connectivity index (χ0v) is 5.65. The Kier molecular flexibility index (Phi) is 4.59. The van der Waals surface area contributed by atoms with E-state index in [0.717, 1.165) is 19.2 Å². The molecule has 52 valence electrons. The maximum atomic E-state index is 6.65. The van der Waals surface area contributed by atoms with Gasteiger partial charge in [0.25, 0.3) is 0 Å². The summed E-state index contributed by atoms with van der Waals surface area (Å²) in [4.78, 5) is 0. The summed E-state index contributed by atoms with van der Waals surface area (Å²) in [5.41, 5.74) is 5.37. The summed E-state index contributed by atoms with van der Waals surface area (Å²) in [7, 11) is 0. The quantitative estimate of drug-likeness (QED) is 0.480. The minimum absolute atomic E-state index is 0.562. The molecule has 0 radical (unpaired) electrons. The largest absolute Gasteiger partial charge is 0.385 e. The Balaban J connectivity index is 3.36. The van der Waals surface area contributed by atoms with Crippen LogP contribution < -0.4 is 11.1 Å². The van der Waals surface area contributed by atoms with Crippen molar-refractivity contribution in [1.29, 1.82) is 5.41 Å². The second-order valence-electron chi connectivity index (χ2n) is 1.72. The molecule has 3 nitrogen and oxygen atoms in total. The number of hydrogen-bond acceptors (Lipinski definition) is 3. The van der Waals surface area contributed by atoms with Crippen LogP contribution in [-0.4, -0.2) is 12.8 Å². The van der Waals surface area contributed by atoms with Crippen LogP contribution in [0.15, 0.2) is 11.9 Å². The molecule has 0 bridgehead atoms. The normalized spacial score (nSPS) is 11.0. The molecular formula is C6H13N3. The maximum absolute atomic E-state index is 6.65. The van der Waals surface area contributed by atoms with Crippen LogP contribution in [0.3, 0.4) is 0 Å². The van der Waals surface area contributed by atoms with E-state index in [0.29, 0.717) is 5.82 Å². The summed E-state index contributed by atoms with van der Waals surface area (Å²) >= 11 is 0. The first-order valence-electron chi connectivity index (χ1n) is 3.01. The van der Waals surface area contributed by atoms with Gasteiger partial charge in [0.15, 0.2) is 0 Å². The molecule has 3 heteroatoms. The molecule has 0 aliphatic carbocycles. The first kappa shape index (κ1) is 8.01. The first-order valence-corrected chi connectivity index (χ1v) is 3.01. The summed E-state index contributed by atoms with van der Waals surface area (Å²) in [6, 6.07) is 0. The Hall–Kier alpha value is -0.990. The van der Waals surface area contributed by atoms with Gasteiger partial charge in [0, 0.05) is 12.8 Å². The highest BCUT2D eigenvalue weighted by Gasteiger charge is 1.81. The second kappa shape index (κ2) is 5.15. The molecule has 0 heterocycles. The number of nitrogens with one attached hydrogen (secondary N) is 2. The topological polar surface area (TPSA) is 61.9 Å². The van der Waals surface area contributed by atoms with E-state index in [1.807, 2.05) is 0 Å². The fourth-order valence-corrected chi connectivity index (χ4v) is 0.418. The van der Waals surface area contributed by atoms with E-state index in [1.54, 1.807) is 0 Å². The van der Waals surface area contributed by atoms with Gasteiger partial charge in [-0.3, -0.25) is 0 Å². The lowest BCUT2D eigenvalue weighted by Crippen LogP contribution is -2.20. The second-order valence-corrected chi connectivity index (χ2v) is 1.72. The van der Waals surface area contributed by atoms with E-state index < -0.39 is 0 Å². The third kappa shape index (κ3) is 4.87. The van der Waals surface area contributed by atoms with E-state index >= 15 is 0 Å². The van der Waals surface area contributed by atoms with Crippen molar-refractivity contribution < 1.29 is 0 Å². The smallest absolute Gasteiger partial charge is 0.0975 e. The van der Waals surface area contributed by atoms with Crippen LogP contribution in [0.4, 0.5) is 0 Å². The van der Waals surface area contributed by atoms with Gasteiger partial charge in [-0.2, -0.15) is 0 Å².